The average Bonchev–Trinajstić information content (AvgIpc) is 2.82. The molecule has 0 N–H and O–H groups in total. The molecular weight excluding hydrogens is 285 g/mol. The second-order valence-electron chi connectivity index (χ2n) is 3.23. The van der Waals surface area contributed by atoms with E-state index in [0.717, 1.165) is 11.1 Å². The number of hydrogen-bond donors (Lipinski definition) is 0. The van der Waals surface area contributed by atoms with E-state index in [2.05, 4.69) is 20.9 Å². The quantitative estimate of drug-likeness (QED) is 0.613. The van der Waals surface area contributed by atoms with Crippen molar-refractivity contribution in [1.29, 1.82) is 0 Å². The Morgan fingerprint density at radius 1 is 1.00 bits per heavy atom. The normalized spacial score (nSPS) is 9.76. The fraction of sp³-hybridized carbons (Fsp3) is 0. The molecule has 0 fully saturated rings. The molecule has 0 radical (unpaired) electrons. The van der Waals surface area contributed by atoms with Crippen molar-refractivity contribution in [3.63, 3.8) is 0 Å². The van der Waals surface area contributed by atoms with Gasteiger partial charge in [0, 0.05) is 0 Å². The van der Waals surface area contributed by atoms with Crippen LogP contribution in [-0.2, 0) is 0 Å². The van der Waals surface area contributed by atoms with Gasteiger partial charge in [-0.05, 0) is 40.2 Å². The van der Waals surface area contributed by atoms with Gasteiger partial charge in [-0.2, -0.15) is 0 Å². The summed E-state index contributed by atoms with van der Waals surface area (Å²) in [6.07, 6.45) is 1.45. The smallest absolute Gasteiger partial charge is 0.181 e. The van der Waals surface area contributed by atoms with Gasteiger partial charge < -0.3 is 4.42 Å². The van der Waals surface area contributed by atoms with Gasteiger partial charge in [-0.15, -0.1) is 0 Å². The summed E-state index contributed by atoms with van der Waals surface area (Å²) in [4.78, 5) is 3.95. The van der Waals surface area contributed by atoms with E-state index in [9.17, 15) is 4.39 Å². The SMILES string of the molecule is Fc1ccccc1Br.c1ccc2ocnc2c1. The van der Waals surface area contributed by atoms with E-state index >= 15 is 0 Å². The van der Waals surface area contributed by atoms with Crippen molar-refractivity contribution < 1.29 is 8.81 Å². The molecule has 3 aromatic rings. The van der Waals surface area contributed by atoms with Crippen molar-refractivity contribution >= 4 is 27.0 Å². The first kappa shape index (κ1) is 11.8. The van der Waals surface area contributed by atoms with Crippen LogP contribution in [0.25, 0.3) is 11.1 Å². The highest BCUT2D eigenvalue weighted by molar-refractivity contribution is 9.10. The summed E-state index contributed by atoms with van der Waals surface area (Å²) in [5, 5.41) is 0. The second-order valence-corrected chi connectivity index (χ2v) is 4.09. The maximum absolute atomic E-state index is 12.3. The van der Waals surface area contributed by atoms with Crippen molar-refractivity contribution in [2.45, 2.75) is 0 Å². The van der Waals surface area contributed by atoms with Crippen molar-refractivity contribution in [2.24, 2.45) is 0 Å². The van der Waals surface area contributed by atoms with Crippen LogP contribution in [-0.4, -0.2) is 4.98 Å². The van der Waals surface area contributed by atoms with Crippen LogP contribution in [0.2, 0.25) is 0 Å². The average molecular weight is 294 g/mol. The number of halogens is 2. The molecule has 0 atom stereocenters. The van der Waals surface area contributed by atoms with E-state index in [1.165, 1.54) is 12.5 Å². The monoisotopic (exact) mass is 293 g/mol. The Labute approximate surface area is 106 Å². The predicted molar refractivity (Wildman–Crippen MR) is 68.1 cm³/mol. The van der Waals surface area contributed by atoms with Crippen molar-refractivity contribution in [2.75, 3.05) is 0 Å². The van der Waals surface area contributed by atoms with Crippen molar-refractivity contribution in [1.82, 2.24) is 4.98 Å². The molecule has 17 heavy (non-hydrogen) atoms. The van der Waals surface area contributed by atoms with Crippen LogP contribution < -0.4 is 0 Å². The largest absolute Gasteiger partial charge is 0.443 e. The van der Waals surface area contributed by atoms with E-state index in [1.54, 1.807) is 18.2 Å². The molecule has 86 valence electrons. The first-order valence-corrected chi connectivity index (χ1v) is 5.75. The summed E-state index contributed by atoms with van der Waals surface area (Å²) < 4.78 is 17.8. The van der Waals surface area contributed by atoms with E-state index in [-0.39, 0.29) is 5.82 Å². The summed E-state index contributed by atoms with van der Waals surface area (Å²) in [5.74, 6) is -0.215. The highest BCUT2D eigenvalue weighted by atomic mass is 79.9. The highest BCUT2D eigenvalue weighted by Gasteiger charge is 1.91. The van der Waals surface area contributed by atoms with Crippen LogP contribution >= 0.6 is 15.9 Å². The third-order valence-electron chi connectivity index (χ3n) is 2.06. The van der Waals surface area contributed by atoms with E-state index < -0.39 is 0 Å². The number of para-hydroxylation sites is 2. The van der Waals surface area contributed by atoms with E-state index in [1.807, 2.05) is 24.3 Å². The van der Waals surface area contributed by atoms with Crippen molar-refractivity contribution in [3.8, 4) is 0 Å². The van der Waals surface area contributed by atoms with Crippen LogP contribution in [0.15, 0.2) is 63.8 Å². The zero-order valence-electron chi connectivity index (χ0n) is 8.81. The van der Waals surface area contributed by atoms with Gasteiger partial charge in [-0.3, -0.25) is 0 Å². The predicted octanol–water partition coefficient (Wildman–Crippen LogP) is 4.42. The molecule has 0 spiro atoms. The van der Waals surface area contributed by atoms with Gasteiger partial charge in [-0.1, -0.05) is 24.3 Å². The van der Waals surface area contributed by atoms with Crippen LogP contribution in [0, 0.1) is 5.82 Å². The molecule has 2 nitrogen and oxygen atoms in total. The van der Waals surface area contributed by atoms with Gasteiger partial charge in [0.15, 0.2) is 12.0 Å². The van der Waals surface area contributed by atoms with E-state index in [4.69, 9.17) is 4.42 Å². The second kappa shape index (κ2) is 5.59. The van der Waals surface area contributed by atoms with Gasteiger partial charge in [-0.25, -0.2) is 9.37 Å². The fourth-order valence-electron chi connectivity index (χ4n) is 1.24. The molecule has 1 aromatic heterocycles. The molecule has 1 heterocycles. The number of fused-ring (bicyclic) bond motifs is 1. The molecule has 0 aliphatic rings. The maximum Gasteiger partial charge on any atom is 0.181 e. The van der Waals surface area contributed by atoms with Crippen LogP contribution in [0.5, 0.6) is 0 Å². The van der Waals surface area contributed by atoms with Gasteiger partial charge in [0.1, 0.15) is 11.3 Å². The number of nitrogens with zero attached hydrogens (tertiary/aromatic N) is 1. The molecule has 0 saturated heterocycles. The third kappa shape index (κ3) is 3.14. The number of rotatable bonds is 0. The summed E-state index contributed by atoms with van der Waals surface area (Å²) in [6, 6.07) is 14.2. The molecule has 0 amide bonds. The minimum absolute atomic E-state index is 0.215. The summed E-state index contributed by atoms with van der Waals surface area (Å²) in [6.45, 7) is 0. The first-order chi connectivity index (χ1) is 8.27. The number of aromatic nitrogens is 1. The fourth-order valence-corrected chi connectivity index (χ4v) is 1.53. The third-order valence-corrected chi connectivity index (χ3v) is 2.70. The first-order valence-electron chi connectivity index (χ1n) is 4.95. The van der Waals surface area contributed by atoms with Crippen molar-refractivity contribution in [3.05, 3.63) is 65.2 Å². The van der Waals surface area contributed by atoms with Crippen LogP contribution in [0.4, 0.5) is 4.39 Å². The van der Waals surface area contributed by atoms with Gasteiger partial charge >= 0.3 is 0 Å². The lowest BCUT2D eigenvalue weighted by molar-refractivity contribution is 0.602. The van der Waals surface area contributed by atoms with Crippen LogP contribution in [0.3, 0.4) is 0 Å². The lowest BCUT2D eigenvalue weighted by Crippen LogP contribution is -1.70. The molecular formula is C13H9BrFNO. The van der Waals surface area contributed by atoms with E-state index in [0.29, 0.717) is 4.47 Å². The maximum atomic E-state index is 12.3. The van der Waals surface area contributed by atoms with Crippen LogP contribution in [0.1, 0.15) is 0 Å². The number of benzene rings is 2. The molecule has 0 unspecified atom stereocenters. The number of oxazole rings is 1. The molecule has 0 aliphatic heterocycles. The lowest BCUT2D eigenvalue weighted by Gasteiger charge is -1.87. The minimum Gasteiger partial charge on any atom is -0.443 e. The lowest BCUT2D eigenvalue weighted by atomic mass is 10.3. The van der Waals surface area contributed by atoms with Gasteiger partial charge in [0.25, 0.3) is 0 Å². The summed E-state index contributed by atoms with van der Waals surface area (Å²) >= 11 is 3.02. The minimum atomic E-state index is -0.215. The van der Waals surface area contributed by atoms with Gasteiger partial charge in [0.2, 0.25) is 0 Å². The highest BCUT2D eigenvalue weighted by Crippen LogP contribution is 2.12. The Hall–Kier alpha value is -1.68. The molecule has 0 bridgehead atoms. The Bertz CT molecular complexity index is 558. The Morgan fingerprint density at radius 2 is 1.71 bits per heavy atom. The zero-order valence-corrected chi connectivity index (χ0v) is 10.4. The molecule has 2 aromatic carbocycles. The molecule has 3 rings (SSSR count). The summed E-state index contributed by atoms with van der Waals surface area (Å²) in [5.41, 5.74) is 1.76. The number of hydrogen-bond acceptors (Lipinski definition) is 2. The topological polar surface area (TPSA) is 26.0 Å². The Balaban J connectivity index is 0.000000128. The summed E-state index contributed by atoms with van der Waals surface area (Å²) in [7, 11) is 0. The Morgan fingerprint density at radius 3 is 2.35 bits per heavy atom. The standard InChI is InChI=1S/C7H5NO.C6H4BrF/c1-2-4-7-6(3-1)8-5-9-7;7-5-3-1-2-4-6(5)8/h1-5H;1-4H. The molecule has 4 heteroatoms. The van der Waals surface area contributed by atoms with Gasteiger partial charge in [0.05, 0.1) is 4.47 Å². The Kier molecular flexibility index (Phi) is 3.88. The molecule has 0 saturated carbocycles. The molecule has 0 aliphatic carbocycles. The zero-order chi connectivity index (χ0) is 12.1.